The van der Waals surface area contributed by atoms with Crippen molar-refractivity contribution < 1.29 is 14.5 Å². The molecule has 2 heterocycles. The van der Waals surface area contributed by atoms with Gasteiger partial charge in [-0.2, -0.15) is 0 Å². The summed E-state index contributed by atoms with van der Waals surface area (Å²) in [5.74, 6) is 0.297. The molecule has 0 aliphatic carbocycles. The van der Waals surface area contributed by atoms with Crippen LogP contribution < -0.4 is 15.5 Å². The highest BCUT2D eigenvalue weighted by molar-refractivity contribution is 7.18. The number of hydrogen-bond acceptors (Lipinski definition) is 4. The van der Waals surface area contributed by atoms with E-state index in [1.165, 1.54) is 14.6 Å². The van der Waals surface area contributed by atoms with Crippen LogP contribution in [0.1, 0.15) is 37.6 Å². The molecule has 7 heteroatoms. The Hall–Kier alpha value is -1.99. The number of para-hydroxylation sites is 1. The third-order valence-corrected chi connectivity index (χ3v) is 5.86. The molecule has 2 aromatic rings. The molecule has 0 bridgehead atoms. The summed E-state index contributed by atoms with van der Waals surface area (Å²) >= 11 is 1.79. The van der Waals surface area contributed by atoms with E-state index in [1.54, 1.807) is 11.3 Å². The van der Waals surface area contributed by atoms with Crippen LogP contribution in [-0.4, -0.2) is 49.0 Å². The largest absolute Gasteiger partial charge is 0.352 e. The van der Waals surface area contributed by atoms with Gasteiger partial charge in [0.2, 0.25) is 5.91 Å². The monoisotopic (exact) mass is 375 g/mol. The summed E-state index contributed by atoms with van der Waals surface area (Å²) < 4.78 is 1.25. The first kappa shape index (κ1) is 18.8. The maximum absolute atomic E-state index is 12.0. The first-order valence-corrected chi connectivity index (χ1v) is 10.1. The van der Waals surface area contributed by atoms with Crippen molar-refractivity contribution in [2.45, 2.75) is 38.6 Å². The molecule has 1 fully saturated rings. The minimum absolute atomic E-state index is 0.0542. The zero-order valence-corrected chi connectivity index (χ0v) is 16.2. The first-order valence-electron chi connectivity index (χ1n) is 9.26. The fourth-order valence-electron chi connectivity index (χ4n) is 3.36. The van der Waals surface area contributed by atoms with Gasteiger partial charge in [-0.1, -0.05) is 12.1 Å². The lowest BCUT2D eigenvalue weighted by molar-refractivity contribution is -0.897. The van der Waals surface area contributed by atoms with E-state index in [4.69, 9.17) is 4.98 Å². The van der Waals surface area contributed by atoms with Gasteiger partial charge in [-0.05, 0) is 26.0 Å². The average molecular weight is 376 g/mol. The third kappa shape index (κ3) is 5.02. The molecule has 0 unspecified atom stereocenters. The summed E-state index contributed by atoms with van der Waals surface area (Å²) in [4.78, 5) is 29.7. The second-order valence-electron chi connectivity index (χ2n) is 7.22. The van der Waals surface area contributed by atoms with Gasteiger partial charge in [0, 0.05) is 24.8 Å². The van der Waals surface area contributed by atoms with Crippen LogP contribution in [0.15, 0.2) is 24.3 Å². The Morgan fingerprint density at radius 2 is 1.96 bits per heavy atom. The molecule has 0 radical (unpaired) electrons. The van der Waals surface area contributed by atoms with Crippen molar-refractivity contribution in [3.63, 3.8) is 0 Å². The molecule has 0 saturated carbocycles. The van der Waals surface area contributed by atoms with Crippen molar-refractivity contribution in [2.24, 2.45) is 0 Å². The van der Waals surface area contributed by atoms with Crippen LogP contribution in [-0.2, 0) is 9.59 Å². The maximum Gasteiger partial charge on any atom is 0.275 e. The summed E-state index contributed by atoms with van der Waals surface area (Å²) in [7, 11) is 0. The third-order valence-electron chi connectivity index (χ3n) is 4.66. The molecular weight excluding hydrogens is 348 g/mol. The normalized spacial score (nSPS) is 20.3. The van der Waals surface area contributed by atoms with E-state index < -0.39 is 0 Å². The fourth-order valence-corrected chi connectivity index (χ4v) is 4.49. The van der Waals surface area contributed by atoms with Crippen LogP contribution in [0.2, 0.25) is 0 Å². The molecule has 1 aliphatic heterocycles. The molecule has 1 aromatic heterocycles. The Morgan fingerprint density at radius 1 is 1.23 bits per heavy atom. The number of aromatic nitrogens is 1. The molecule has 3 N–H and O–H groups in total. The quantitative estimate of drug-likeness (QED) is 0.696. The Balaban J connectivity index is 1.43. The summed E-state index contributed by atoms with van der Waals surface area (Å²) in [6.07, 6.45) is 2.10. The van der Waals surface area contributed by atoms with Crippen molar-refractivity contribution in [3.8, 4) is 0 Å². The Kier molecular flexibility index (Phi) is 6.21. The van der Waals surface area contributed by atoms with Crippen LogP contribution >= 0.6 is 11.3 Å². The molecule has 6 nitrogen and oxygen atoms in total. The average Bonchev–Trinajstić information content (AvgIpc) is 3.04. The summed E-state index contributed by atoms with van der Waals surface area (Å²) in [5.41, 5.74) is 1.08. The predicted molar refractivity (Wildman–Crippen MR) is 103 cm³/mol. The number of nitrogens with one attached hydrogen (secondary N) is 3. The number of likely N-dealkylation sites (tertiary alicyclic amines) is 1. The van der Waals surface area contributed by atoms with Gasteiger partial charge >= 0.3 is 0 Å². The molecular formula is C19H27N4O2S+. The van der Waals surface area contributed by atoms with Gasteiger partial charge in [-0.3, -0.25) is 9.59 Å². The molecule has 2 amide bonds. The Labute approximate surface area is 158 Å². The maximum atomic E-state index is 12.0. The molecule has 1 aliphatic rings. The highest BCUT2D eigenvalue weighted by atomic mass is 32.1. The van der Waals surface area contributed by atoms with Crippen LogP contribution in [0.25, 0.3) is 10.2 Å². The number of thiazole rings is 1. The zero-order valence-electron chi connectivity index (χ0n) is 15.4. The van der Waals surface area contributed by atoms with Crippen LogP contribution in [0.4, 0.5) is 0 Å². The second-order valence-corrected chi connectivity index (χ2v) is 8.28. The number of quaternary nitrogens is 1. The smallest absolute Gasteiger partial charge is 0.275 e. The number of piperidine rings is 1. The van der Waals surface area contributed by atoms with Crippen LogP contribution in [0.3, 0.4) is 0 Å². The molecule has 140 valence electrons. The van der Waals surface area contributed by atoms with E-state index in [0.717, 1.165) is 31.4 Å². The van der Waals surface area contributed by atoms with Crippen molar-refractivity contribution in [1.29, 1.82) is 0 Å². The fraction of sp³-hybridized carbons (Fsp3) is 0.526. The summed E-state index contributed by atoms with van der Waals surface area (Å²) in [5, 5.41) is 6.71. The van der Waals surface area contributed by atoms with E-state index in [9.17, 15) is 9.59 Å². The van der Waals surface area contributed by atoms with E-state index >= 15 is 0 Å². The lowest BCUT2D eigenvalue weighted by Gasteiger charge is -2.27. The SMILES string of the molecule is CC(C)NC(=O)CNC(=O)C[NH+]1CCC(c2nc3ccccc3s2)CC1. The van der Waals surface area contributed by atoms with Crippen molar-refractivity contribution >= 4 is 33.4 Å². The number of nitrogens with zero attached hydrogens (tertiary/aromatic N) is 1. The first-order chi connectivity index (χ1) is 12.5. The van der Waals surface area contributed by atoms with Crippen molar-refractivity contribution in [3.05, 3.63) is 29.3 Å². The number of fused-ring (bicyclic) bond motifs is 1. The lowest BCUT2D eigenvalue weighted by Crippen LogP contribution is -3.14. The molecule has 1 saturated heterocycles. The Bertz CT molecular complexity index is 733. The minimum atomic E-state index is -0.141. The highest BCUT2D eigenvalue weighted by Crippen LogP contribution is 2.31. The van der Waals surface area contributed by atoms with Crippen molar-refractivity contribution in [2.75, 3.05) is 26.2 Å². The van der Waals surface area contributed by atoms with Crippen molar-refractivity contribution in [1.82, 2.24) is 15.6 Å². The molecule has 26 heavy (non-hydrogen) atoms. The molecule has 0 atom stereocenters. The van der Waals surface area contributed by atoms with Gasteiger partial charge < -0.3 is 15.5 Å². The predicted octanol–water partition coefficient (Wildman–Crippen LogP) is 0.699. The van der Waals surface area contributed by atoms with E-state index in [0.29, 0.717) is 12.5 Å². The number of rotatable bonds is 6. The van der Waals surface area contributed by atoms with Crippen LogP contribution in [0, 0.1) is 0 Å². The van der Waals surface area contributed by atoms with Gasteiger partial charge in [0.15, 0.2) is 6.54 Å². The van der Waals surface area contributed by atoms with Gasteiger partial charge in [-0.15, -0.1) is 11.3 Å². The zero-order chi connectivity index (χ0) is 18.5. The Morgan fingerprint density at radius 3 is 2.65 bits per heavy atom. The molecule has 1 aromatic carbocycles. The van der Waals surface area contributed by atoms with Gasteiger partial charge in [0.1, 0.15) is 0 Å². The molecule has 0 spiro atoms. The highest BCUT2D eigenvalue weighted by Gasteiger charge is 2.27. The number of carbonyl (C=O) groups excluding carboxylic acids is 2. The van der Waals surface area contributed by atoms with Crippen LogP contribution in [0.5, 0.6) is 0 Å². The lowest BCUT2D eigenvalue weighted by atomic mass is 9.97. The van der Waals surface area contributed by atoms with Gasteiger partial charge in [0.05, 0.1) is 34.9 Å². The summed E-state index contributed by atoms with van der Waals surface area (Å²) in [6, 6.07) is 8.36. The number of carbonyl (C=O) groups is 2. The standard InChI is InChI=1S/C19H26N4O2S/c1-13(2)21-17(24)11-20-18(25)12-23-9-7-14(8-10-23)19-22-15-5-3-4-6-16(15)26-19/h3-6,13-14H,7-12H2,1-2H3,(H,20,25)(H,21,24)/p+1. The van der Waals surface area contributed by atoms with E-state index in [1.807, 2.05) is 19.9 Å². The van der Waals surface area contributed by atoms with Gasteiger partial charge in [-0.25, -0.2) is 4.98 Å². The summed E-state index contributed by atoms with van der Waals surface area (Å²) in [6.45, 7) is 6.22. The van der Waals surface area contributed by atoms with Gasteiger partial charge in [0.25, 0.3) is 5.91 Å². The topological polar surface area (TPSA) is 75.5 Å². The molecule has 3 rings (SSSR count). The van der Waals surface area contributed by atoms with E-state index in [2.05, 4.69) is 28.8 Å². The number of hydrogen-bond donors (Lipinski definition) is 3. The number of benzene rings is 1. The number of amides is 2. The van der Waals surface area contributed by atoms with E-state index in [-0.39, 0.29) is 24.4 Å². The second kappa shape index (κ2) is 8.60. The minimum Gasteiger partial charge on any atom is -0.352 e.